The number of aldehydes is 1. The van der Waals surface area contributed by atoms with Crippen LogP contribution in [-0.4, -0.2) is 216 Å². The number of nitrogens with zero attached hydrogens (tertiary/aromatic N) is 2. The predicted molar refractivity (Wildman–Crippen MR) is 416 cm³/mol. The van der Waals surface area contributed by atoms with Gasteiger partial charge in [-0.15, -0.1) is 0 Å². The molecule has 2 aromatic heterocycles. The largest absolute Gasteiger partial charge is 0.508 e. The van der Waals surface area contributed by atoms with Crippen LogP contribution in [0, 0.1) is 11.3 Å². The number of hydrogen-bond donors (Lipinski definition) is 17. The second-order valence-electron chi connectivity index (χ2n) is 29.2. The van der Waals surface area contributed by atoms with Crippen molar-refractivity contribution in [3.63, 3.8) is 0 Å². The summed E-state index contributed by atoms with van der Waals surface area (Å²) in [6, 6.07) is 8.55. The lowest BCUT2D eigenvalue weighted by Crippen LogP contribution is -2.62. The van der Waals surface area contributed by atoms with Crippen molar-refractivity contribution < 1.29 is 82.8 Å². The third-order valence-corrected chi connectivity index (χ3v) is 21.4. The first-order chi connectivity index (χ1) is 52.8. The fraction of sp³-hybridized carbons (Fsp3) is 0.506. The van der Waals surface area contributed by atoms with Gasteiger partial charge < -0.3 is 94.9 Å². The molecule has 602 valence electrons. The normalized spacial score (nSPS) is 17.4. The first kappa shape index (κ1) is 88.1. The molecule has 111 heavy (non-hydrogen) atoms. The molecule has 13 atom stereocenters. The number of pyridine rings is 1. The molecule has 0 bridgehead atoms. The summed E-state index contributed by atoms with van der Waals surface area (Å²) >= 11 is 2.71. The fourth-order valence-electron chi connectivity index (χ4n) is 13.3. The van der Waals surface area contributed by atoms with Crippen molar-refractivity contribution in [2.45, 2.75) is 209 Å². The zero-order valence-electron chi connectivity index (χ0n) is 63.4. The number of aromatic hydroxyl groups is 2. The van der Waals surface area contributed by atoms with Crippen LogP contribution < -0.4 is 64.6 Å². The van der Waals surface area contributed by atoms with Gasteiger partial charge in [-0.25, -0.2) is 4.98 Å². The number of likely N-dealkylation sites (N-methyl/N-ethyl adjacent to an activating group) is 1. The minimum absolute atomic E-state index is 0.00708. The first-order valence-electron chi connectivity index (χ1n) is 37.1. The smallest absolute Gasteiger partial charge is 0.284 e. The van der Waals surface area contributed by atoms with Crippen LogP contribution in [0.5, 0.6) is 11.5 Å². The monoisotopic (exact) mass is 1580 g/mol. The number of hydrogen-bond acceptors (Lipinski definition) is 21. The molecule has 7 rings (SSSR count). The molecule has 1 aliphatic heterocycles. The van der Waals surface area contributed by atoms with Crippen molar-refractivity contribution in [2.24, 2.45) is 22.8 Å². The lowest BCUT2D eigenvalue weighted by Gasteiger charge is -2.34. The standard InChI is InChI=1S/C77H105N15O17S2/c1-8-14-54(68(101)80-7)84-69(102)56(34-49-36-82-67-53(49)19-13-29-81-67)85-72(105)62(42(2)94)89-71(104)59-35-50(78)37-92(59)76(109)57(33-45-22-26-52(97)27-23-45)86-75(108)65(77(4,5)6)88-60(98)28-30-110-39-46-15-12-16-47(31-46)40-111-41-58(66(79)100)87-73(106)63(43(3)95)90-74(107)64(48-17-10-9-11-18-48)91-70(103)55(83-61(99)38-93)32-44-20-24-51(96)25-21-44/h12-13,15-16,19-27,29,31,36,38,42-43,48,50,54-59,62-65,94-97H,8-11,14,17-18,28,30,32-35,37,39-41,78H2,1-7H3,(H2,79,100)(H,80,101)(H,81,82)(H,83,99)(H,84,102)(H,85,105)(H,86,108)(H,87,106)(H,88,98)(H,89,104)(H,90,107)(H,91,103)/t42-,43-,50-,54+,55+,56+,57+,58+,59+,62+,63+,64+,65-/m1/s1. The Labute approximate surface area is 652 Å². The number of H-pyrrole nitrogens is 1. The number of nitrogens with two attached hydrogens (primary N) is 2. The molecule has 1 saturated heterocycles. The van der Waals surface area contributed by atoms with Gasteiger partial charge in [-0.05, 0) is 115 Å². The summed E-state index contributed by atoms with van der Waals surface area (Å²) < 4.78 is 0. The van der Waals surface area contributed by atoms with Crippen molar-refractivity contribution in [3.05, 3.63) is 125 Å². The number of fused-ring (bicyclic) bond motifs is 1. The Morgan fingerprint density at radius 1 is 0.640 bits per heavy atom. The Morgan fingerprint density at radius 3 is 1.79 bits per heavy atom. The molecule has 2 fully saturated rings. The van der Waals surface area contributed by atoms with E-state index in [1.54, 1.807) is 57.4 Å². The van der Waals surface area contributed by atoms with Gasteiger partial charge in [0.1, 0.15) is 77.6 Å². The molecule has 5 aromatic rings. The van der Waals surface area contributed by atoms with Crippen LogP contribution in [0.4, 0.5) is 0 Å². The van der Waals surface area contributed by atoms with Gasteiger partial charge >= 0.3 is 0 Å². The molecule has 1 saturated carbocycles. The van der Waals surface area contributed by atoms with Gasteiger partial charge in [-0.3, -0.25) is 62.3 Å². The third-order valence-electron chi connectivity index (χ3n) is 19.3. The zero-order valence-corrected chi connectivity index (χ0v) is 65.0. The number of aromatic nitrogens is 2. The molecule has 12 amide bonds. The summed E-state index contributed by atoms with van der Waals surface area (Å²) in [7, 11) is 1.43. The number of carbonyl (C=O) groups is 13. The number of amides is 12. The Kier molecular flexibility index (Phi) is 33.6. The van der Waals surface area contributed by atoms with Crippen molar-refractivity contribution in [3.8, 4) is 11.5 Å². The number of rotatable bonds is 40. The number of benzene rings is 3. The maximum atomic E-state index is 15.0. The quantitative estimate of drug-likeness (QED) is 0.0144. The number of likely N-dealkylation sites (tertiary alicyclic amines) is 1. The summed E-state index contributed by atoms with van der Waals surface area (Å²) in [4.78, 5) is 186. The lowest BCUT2D eigenvalue weighted by atomic mass is 9.83. The minimum atomic E-state index is -1.70. The number of phenolic OH excluding ortho intramolecular Hbond substituents is 2. The van der Waals surface area contributed by atoms with Gasteiger partial charge in [0.2, 0.25) is 71.3 Å². The SMILES string of the molecule is CCC[C@H](NC(=O)[C@H](Cc1c[nH]c2ncccc12)NC(=O)[C@@H](NC(=O)[C@@H]1C[C@@H](N)CN1C(=O)[C@H](Cc1ccc(O)cc1)NC(=O)[C@@H](NC(=O)CCSCc1cccc(CSC[C@H](NC(=O)[C@@H](NC(=O)[C@@H](NC(=O)[C@H](Cc2ccc(O)cc2)NC(=O)C=O)C2CCCCC2)[C@@H](C)O)C(N)=O)c1)C(C)(C)C)[C@@H](C)O)C(=O)NC. The van der Waals surface area contributed by atoms with E-state index in [-0.39, 0.29) is 68.6 Å². The Balaban J connectivity index is 0.942. The predicted octanol–water partition coefficient (Wildman–Crippen LogP) is 0.468. The third kappa shape index (κ3) is 26.5. The molecule has 3 aromatic carbocycles. The molecule has 2 aliphatic rings. The molecule has 19 N–H and O–H groups in total. The van der Waals surface area contributed by atoms with Crippen LogP contribution in [0.25, 0.3) is 11.0 Å². The van der Waals surface area contributed by atoms with Crippen molar-refractivity contribution >= 4 is 112 Å². The summed E-state index contributed by atoms with van der Waals surface area (Å²) in [5, 5.41) is 69.0. The van der Waals surface area contributed by atoms with Crippen molar-refractivity contribution in [2.75, 3.05) is 25.1 Å². The van der Waals surface area contributed by atoms with E-state index in [4.69, 9.17) is 11.5 Å². The second-order valence-corrected chi connectivity index (χ2v) is 31.4. The van der Waals surface area contributed by atoms with E-state index in [9.17, 15) is 78.0 Å². The van der Waals surface area contributed by atoms with Gasteiger partial charge in [0.05, 0.1) is 12.2 Å². The summed E-state index contributed by atoms with van der Waals surface area (Å²) in [6.07, 6.45) is 3.89. The number of thioether (sulfide) groups is 2. The number of primary amides is 1. The summed E-state index contributed by atoms with van der Waals surface area (Å²) in [6.45, 7) is 9.38. The molecule has 0 radical (unpaired) electrons. The van der Waals surface area contributed by atoms with E-state index in [2.05, 4.69) is 63.1 Å². The van der Waals surface area contributed by atoms with E-state index >= 15 is 4.79 Å². The lowest BCUT2D eigenvalue weighted by molar-refractivity contribution is -0.143. The highest BCUT2D eigenvalue weighted by atomic mass is 32.2. The number of nitrogens with one attached hydrogen (secondary N) is 11. The van der Waals surface area contributed by atoms with Crippen LogP contribution in [0.15, 0.2) is 97.3 Å². The van der Waals surface area contributed by atoms with Crippen molar-refractivity contribution in [1.29, 1.82) is 0 Å². The van der Waals surface area contributed by atoms with Crippen LogP contribution >= 0.6 is 23.5 Å². The highest BCUT2D eigenvalue weighted by Gasteiger charge is 2.45. The van der Waals surface area contributed by atoms with E-state index < -0.39 is 161 Å². The van der Waals surface area contributed by atoms with E-state index in [0.717, 1.165) is 30.4 Å². The molecule has 0 spiro atoms. The maximum Gasteiger partial charge on any atom is 0.284 e. The number of aliphatic hydroxyl groups is 2. The van der Waals surface area contributed by atoms with Gasteiger partial charge in [-0.1, -0.05) is 102 Å². The highest BCUT2D eigenvalue weighted by Crippen LogP contribution is 2.29. The molecule has 34 heteroatoms. The van der Waals surface area contributed by atoms with E-state index in [1.807, 2.05) is 31.2 Å². The molecule has 3 heterocycles. The molecular weight excluding hydrogens is 1470 g/mol. The second kappa shape index (κ2) is 42.3. The topological polar surface area (TPSA) is 507 Å². The van der Waals surface area contributed by atoms with Crippen LogP contribution in [0.2, 0.25) is 0 Å². The van der Waals surface area contributed by atoms with Crippen molar-refractivity contribution in [1.82, 2.24) is 68.0 Å². The van der Waals surface area contributed by atoms with Crippen LogP contribution in [0.1, 0.15) is 127 Å². The highest BCUT2D eigenvalue weighted by molar-refractivity contribution is 7.98. The average Bonchev–Trinajstić information content (AvgIpc) is 1.74. The summed E-state index contributed by atoms with van der Waals surface area (Å²) in [5.41, 5.74) is 15.2. The van der Waals surface area contributed by atoms with E-state index in [0.29, 0.717) is 64.2 Å². The molecule has 32 nitrogen and oxygen atoms in total. The minimum Gasteiger partial charge on any atom is -0.508 e. The Bertz CT molecular complexity index is 4060. The fourth-order valence-corrected chi connectivity index (χ4v) is 15.2. The van der Waals surface area contributed by atoms with Gasteiger partial charge in [0.15, 0.2) is 0 Å². The number of aliphatic hydroxyl groups excluding tert-OH is 2. The summed E-state index contributed by atoms with van der Waals surface area (Å²) in [5.74, 6) is -8.90. The number of aromatic amines is 1. The van der Waals surface area contributed by atoms with Gasteiger partial charge in [0, 0.05) is 86.1 Å². The Hall–Kier alpha value is -10.2. The number of phenols is 2. The Morgan fingerprint density at radius 2 is 1.21 bits per heavy atom. The maximum absolute atomic E-state index is 15.0. The number of carbonyl (C=O) groups excluding carboxylic acids is 13. The molecular formula is C77H105N15O17S2. The molecule has 1 aliphatic carbocycles. The average molecular weight is 1580 g/mol. The first-order valence-corrected chi connectivity index (χ1v) is 39.4. The molecule has 0 unspecified atom stereocenters. The van der Waals surface area contributed by atoms with Gasteiger partial charge in [0.25, 0.3) is 5.91 Å². The zero-order chi connectivity index (χ0) is 81.2. The van der Waals surface area contributed by atoms with Gasteiger partial charge in [-0.2, -0.15) is 23.5 Å². The van der Waals surface area contributed by atoms with Crippen LogP contribution in [0.3, 0.4) is 0 Å². The van der Waals surface area contributed by atoms with E-state index in [1.165, 1.54) is 85.7 Å². The van der Waals surface area contributed by atoms with Crippen LogP contribution in [-0.2, 0) is 93.1 Å².